The average molecular weight is 265 g/mol. The van der Waals surface area contributed by atoms with Gasteiger partial charge in [-0.3, -0.25) is 14.6 Å². The Kier molecular flexibility index (Phi) is 2.95. The van der Waals surface area contributed by atoms with Crippen molar-refractivity contribution in [2.75, 3.05) is 5.73 Å². The second kappa shape index (κ2) is 4.77. The van der Waals surface area contributed by atoms with E-state index in [1.807, 2.05) is 44.4 Å². The third kappa shape index (κ3) is 2.03. The van der Waals surface area contributed by atoms with Gasteiger partial charge in [0.1, 0.15) is 11.5 Å². The molecule has 0 aliphatic heterocycles. The van der Waals surface area contributed by atoms with E-state index < -0.39 is 0 Å². The van der Waals surface area contributed by atoms with Crippen LogP contribution in [-0.2, 0) is 7.05 Å². The highest BCUT2D eigenvalue weighted by Crippen LogP contribution is 2.34. The van der Waals surface area contributed by atoms with Gasteiger partial charge in [-0.25, -0.2) is 0 Å². The second-order valence-electron chi connectivity index (χ2n) is 4.70. The molecule has 3 heterocycles. The fraction of sp³-hybridized carbons (Fsp3) is 0.133. The van der Waals surface area contributed by atoms with Crippen LogP contribution >= 0.6 is 0 Å². The van der Waals surface area contributed by atoms with Crippen molar-refractivity contribution < 1.29 is 0 Å². The monoisotopic (exact) mass is 265 g/mol. The normalized spacial score (nSPS) is 10.7. The van der Waals surface area contributed by atoms with E-state index in [2.05, 4.69) is 15.1 Å². The summed E-state index contributed by atoms with van der Waals surface area (Å²) in [5.41, 5.74) is 10.6. The van der Waals surface area contributed by atoms with E-state index in [-0.39, 0.29) is 0 Å². The second-order valence-corrected chi connectivity index (χ2v) is 4.70. The Morgan fingerprint density at radius 3 is 2.75 bits per heavy atom. The standard InChI is InChI=1S/C15H15N5/c1-10-7-11(9-17-8-10)14-13(15(16)20(2)19-14)12-5-3-4-6-18-12/h3-9H,16H2,1-2H3. The predicted octanol–water partition coefficient (Wildman–Crippen LogP) is 2.43. The zero-order chi connectivity index (χ0) is 14.1. The van der Waals surface area contributed by atoms with Crippen LogP contribution < -0.4 is 5.73 Å². The van der Waals surface area contributed by atoms with Crippen LogP contribution in [0.4, 0.5) is 5.82 Å². The third-order valence-electron chi connectivity index (χ3n) is 3.16. The number of rotatable bonds is 2. The number of aromatic nitrogens is 4. The van der Waals surface area contributed by atoms with Gasteiger partial charge < -0.3 is 5.73 Å². The highest BCUT2D eigenvalue weighted by molar-refractivity contribution is 5.86. The van der Waals surface area contributed by atoms with Crippen molar-refractivity contribution in [1.82, 2.24) is 19.7 Å². The highest BCUT2D eigenvalue weighted by atomic mass is 15.3. The van der Waals surface area contributed by atoms with Crippen molar-refractivity contribution in [3.8, 4) is 22.5 Å². The molecule has 3 aromatic rings. The van der Waals surface area contributed by atoms with Gasteiger partial charge in [0.25, 0.3) is 0 Å². The first-order chi connectivity index (χ1) is 9.66. The van der Waals surface area contributed by atoms with Crippen molar-refractivity contribution in [2.24, 2.45) is 7.05 Å². The van der Waals surface area contributed by atoms with Gasteiger partial charge >= 0.3 is 0 Å². The van der Waals surface area contributed by atoms with Crippen LogP contribution in [0.1, 0.15) is 5.56 Å². The molecule has 3 rings (SSSR count). The molecule has 0 saturated carbocycles. The van der Waals surface area contributed by atoms with Crippen molar-refractivity contribution in [1.29, 1.82) is 0 Å². The van der Waals surface area contributed by atoms with E-state index in [1.54, 1.807) is 17.1 Å². The summed E-state index contributed by atoms with van der Waals surface area (Å²) in [5, 5.41) is 4.51. The maximum atomic E-state index is 6.15. The molecule has 0 aromatic carbocycles. The molecular formula is C15H15N5. The van der Waals surface area contributed by atoms with Gasteiger partial charge in [-0.15, -0.1) is 0 Å². The lowest BCUT2D eigenvalue weighted by Gasteiger charge is -2.03. The van der Waals surface area contributed by atoms with Crippen LogP contribution in [0.5, 0.6) is 0 Å². The minimum atomic E-state index is 0.597. The van der Waals surface area contributed by atoms with Crippen LogP contribution in [0.15, 0.2) is 42.9 Å². The molecule has 5 nitrogen and oxygen atoms in total. The number of hydrogen-bond donors (Lipinski definition) is 1. The van der Waals surface area contributed by atoms with Gasteiger partial charge in [0, 0.05) is 31.2 Å². The van der Waals surface area contributed by atoms with Gasteiger partial charge in [0.05, 0.1) is 11.3 Å². The predicted molar refractivity (Wildman–Crippen MR) is 78.8 cm³/mol. The van der Waals surface area contributed by atoms with Crippen LogP contribution in [0, 0.1) is 6.92 Å². The number of anilines is 1. The van der Waals surface area contributed by atoms with E-state index in [1.165, 1.54) is 0 Å². The van der Waals surface area contributed by atoms with E-state index in [0.717, 1.165) is 28.1 Å². The van der Waals surface area contributed by atoms with E-state index in [0.29, 0.717) is 5.82 Å². The van der Waals surface area contributed by atoms with Crippen molar-refractivity contribution >= 4 is 5.82 Å². The molecule has 20 heavy (non-hydrogen) atoms. The van der Waals surface area contributed by atoms with E-state index in [4.69, 9.17) is 5.73 Å². The van der Waals surface area contributed by atoms with Crippen LogP contribution in [0.2, 0.25) is 0 Å². The molecule has 0 spiro atoms. The molecule has 0 radical (unpaired) electrons. The lowest BCUT2D eigenvalue weighted by molar-refractivity contribution is 0.782. The molecule has 5 heteroatoms. The molecule has 0 fully saturated rings. The zero-order valence-electron chi connectivity index (χ0n) is 11.4. The molecule has 0 amide bonds. The van der Waals surface area contributed by atoms with Crippen molar-refractivity contribution in [3.05, 3.63) is 48.4 Å². The summed E-state index contributed by atoms with van der Waals surface area (Å²) in [6.07, 6.45) is 5.36. The van der Waals surface area contributed by atoms with Gasteiger partial charge in [0.2, 0.25) is 0 Å². The summed E-state index contributed by atoms with van der Waals surface area (Å²) < 4.78 is 1.67. The minimum Gasteiger partial charge on any atom is -0.383 e. The molecule has 0 bridgehead atoms. The first-order valence-corrected chi connectivity index (χ1v) is 6.32. The Morgan fingerprint density at radius 1 is 1.20 bits per heavy atom. The largest absolute Gasteiger partial charge is 0.383 e. The van der Waals surface area contributed by atoms with Crippen LogP contribution in [0.25, 0.3) is 22.5 Å². The molecule has 0 aliphatic carbocycles. The summed E-state index contributed by atoms with van der Waals surface area (Å²) in [6.45, 7) is 2.00. The van der Waals surface area contributed by atoms with Crippen LogP contribution in [-0.4, -0.2) is 19.7 Å². The molecule has 2 N–H and O–H groups in total. The lowest BCUT2D eigenvalue weighted by Crippen LogP contribution is -1.98. The fourth-order valence-corrected chi connectivity index (χ4v) is 2.19. The SMILES string of the molecule is Cc1cncc(-c2nn(C)c(N)c2-c2ccccn2)c1. The Labute approximate surface area is 117 Å². The molecule has 3 aromatic heterocycles. The average Bonchev–Trinajstić information content (AvgIpc) is 2.76. The van der Waals surface area contributed by atoms with Crippen molar-refractivity contribution in [3.63, 3.8) is 0 Å². The maximum absolute atomic E-state index is 6.15. The zero-order valence-corrected chi connectivity index (χ0v) is 11.4. The number of hydrogen-bond acceptors (Lipinski definition) is 4. The Bertz CT molecular complexity index is 746. The Hall–Kier alpha value is -2.69. The number of nitrogens with zero attached hydrogens (tertiary/aromatic N) is 4. The van der Waals surface area contributed by atoms with Gasteiger partial charge in [0.15, 0.2) is 0 Å². The number of aryl methyl sites for hydroxylation is 2. The molecule has 0 unspecified atom stereocenters. The minimum absolute atomic E-state index is 0.597. The first-order valence-electron chi connectivity index (χ1n) is 6.32. The number of nitrogens with two attached hydrogens (primary N) is 1. The molecule has 0 saturated heterocycles. The lowest BCUT2D eigenvalue weighted by atomic mass is 10.1. The van der Waals surface area contributed by atoms with Gasteiger partial charge in [-0.1, -0.05) is 6.07 Å². The summed E-state index contributed by atoms with van der Waals surface area (Å²) >= 11 is 0. The highest BCUT2D eigenvalue weighted by Gasteiger charge is 2.18. The first kappa shape index (κ1) is 12.3. The quantitative estimate of drug-likeness (QED) is 0.772. The fourth-order valence-electron chi connectivity index (χ4n) is 2.19. The summed E-state index contributed by atoms with van der Waals surface area (Å²) in [5.74, 6) is 0.597. The third-order valence-corrected chi connectivity index (χ3v) is 3.16. The molecule has 0 atom stereocenters. The Morgan fingerprint density at radius 2 is 2.05 bits per heavy atom. The topological polar surface area (TPSA) is 69.6 Å². The van der Waals surface area contributed by atoms with E-state index in [9.17, 15) is 0 Å². The smallest absolute Gasteiger partial charge is 0.131 e. The summed E-state index contributed by atoms with van der Waals surface area (Å²) in [4.78, 5) is 8.60. The Balaban J connectivity index is 2.25. The summed E-state index contributed by atoms with van der Waals surface area (Å²) in [7, 11) is 1.83. The van der Waals surface area contributed by atoms with Crippen LogP contribution in [0.3, 0.4) is 0 Å². The molecular weight excluding hydrogens is 250 g/mol. The van der Waals surface area contributed by atoms with Gasteiger partial charge in [-0.05, 0) is 30.7 Å². The molecule has 100 valence electrons. The van der Waals surface area contributed by atoms with Gasteiger partial charge in [-0.2, -0.15) is 5.10 Å². The van der Waals surface area contributed by atoms with Crippen molar-refractivity contribution in [2.45, 2.75) is 6.92 Å². The number of pyridine rings is 2. The maximum Gasteiger partial charge on any atom is 0.131 e. The molecule has 0 aliphatic rings. The van der Waals surface area contributed by atoms with E-state index >= 15 is 0 Å². The summed E-state index contributed by atoms with van der Waals surface area (Å²) in [6, 6.07) is 7.79. The number of nitrogen functional groups attached to an aromatic ring is 1.